The first kappa shape index (κ1) is 15.4. The predicted molar refractivity (Wildman–Crippen MR) is 80.4 cm³/mol. The lowest BCUT2D eigenvalue weighted by Crippen LogP contribution is -2.22. The summed E-state index contributed by atoms with van der Waals surface area (Å²) in [5, 5.41) is 3.31. The van der Waals surface area contributed by atoms with E-state index in [-0.39, 0.29) is 6.10 Å². The smallest absolute Gasteiger partial charge is 0.157 e. The van der Waals surface area contributed by atoms with E-state index in [4.69, 9.17) is 9.72 Å². The van der Waals surface area contributed by atoms with Crippen LogP contribution >= 0.6 is 0 Å². The number of nitrogens with zero attached hydrogens (tertiary/aromatic N) is 2. The molecule has 20 heavy (non-hydrogen) atoms. The molecule has 1 heterocycles. The number of rotatable bonds is 7. The summed E-state index contributed by atoms with van der Waals surface area (Å²) in [5.74, 6) is 1.45. The lowest BCUT2D eigenvalue weighted by molar-refractivity contribution is -0.000338. The molecule has 2 rings (SSSR count). The van der Waals surface area contributed by atoms with Crippen LogP contribution < -0.4 is 5.32 Å². The highest BCUT2D eigenvalue weighted by Crippen LogP contribution is 2.35. The molecule has 1 aliphatic carbocycles. The van der Waals surface area contributed by atoms with Gasteiger partial charge in [0.15, 0.2) is 5.82 Å². The molecular weight excluding hydrogens is 250 g/mol. The van der Waals surface area contributed by atoms with Gasteiger partial charge in [-0.05, 0) is 38.3 Å². The Balaban J connectivity index is 2.10. The second-order valence-corrected chi connectivity index (χ2v) is 5.46. The van der Waals surface area contributed by atoms with E-state index >= 15 is 0 Å². The summed E-state index contributed by atoms with van der Waals surface area (Å²) in [6, 6.07) is 1.98. The Labute approximate surface area is 122 Å². The standard InChI is InChI=1S/C16H27N3O/c1-3-17-12-14-10-11-18-16(19-14)15(20-4-2)13-8-6-5-7-9-13/h10-11,13,15,17H,3-9,12H2,1-2H3. The van der Waals surface area contributed by atoms with E-state index in [1.807, 2.05) is 12.3 Å². The third-order valence-corrected chi connectivity index (χ3v) is 3.97. The van der Waals surface area contributed by atoms with Crippen LogP contribution in [0.2, 0.25) is 0 Å². The summed E-state index contributed by atoms with van der Waals surface area (Å²) in [6.45, 7) is 6.64. The number of hydrogen-bond donors (Lipinski definition) is 1. The fourth-order valence-corrected chi connectivity index (χ4v) is 2.94. The maximum absolute atomic E-state index is 5.98. The van der Waals surface area contributed by atoms with Gasteiger partial charge in [0.05, 0.1) is 5.69 Å². The van der Waals surface area contributed by atoms with Crippen molar-refractivity contribution in [2.24, 2.45) is 5.92 Å². The van der Waals surface area contributed by atoms with Crippen molar-refractivity contribution in [3.8, 4) is 0 Å². The minimum Gasteiger partial charge on any atom is -0.370 e. The molecule has 1 atom stereocenters. The van der Waals surface area contributed by atoms with Gasteiger partial charge < -0.3 is 10.1 Å². The highest BCUT2D eigenvalue weighted by molar-refractivity contribution is 5.05. The molecule has 4 heteroatoms. The fourth-order valence-electron chi connectivity index (χ4n) is 2.94. The Hall–Kier alpha value is -1.00. The van der Waals surface area contributed by atoms with Crippen LogP contribution in [0, 0.1) is 5.92 Å². The topological polar surface area (TPSA) is 47.0 Å². The zero-order valence-corrected chi connectivity index (χ0v) is 12.8. The van der Waals surface area contributed by atoms with E-state index in [0.717, 1.165) is 31.2 Å². The quantitative estimate of drug-likeness (QED) is 0.831. The summed E-state index contributed by atoms with van der Waals surface area (Å²) in [4.78, 5) is 9.18. The number of hydrogen-bond acceptors (Lipinski definition) is 4. The van der Waals surface area contributed by atoms with Crippen molar-refractivity contribution >= 4 is 0 Å². The van der Waals surface area contributed by atoms with Crippen molar-refractivity contribution in [2.45, 2.75) is 58.6 Å². The third-order valence-electron chi connectivity index (χ3n) is 3.97. The number of nitrogens with one attached hydrogen (secondary N) is 1. The Morgan fingerprint density at radius 2 is 2.10 bits per heavy atom. The predicted octanol–water partition coefficient (Wildman–Crippen LogP) is 3.24. The molecule has 1 fully saturated rings. The first-order valence-electron chi connectivity index (χ1n) is 7.99. The Morgan fingerprint density at radius 3 is 2.80 bits per heavy atom. The van der Waals surface area contributed by atoms with Crippen LogP contribution in [0.5, 0.6) is 0 Å². The molecule has 1 aliphatic rings. The third kappa shape index (κ3) is 4.25. The Kier molecular flexibility index (Phi) is 6.40. The van der Waals surface area contributed by atoms with E-state index in [1.54, 1.807) is 0 Å². The minimum absolute atomic E-state index is 0.0712. The van der Waals surface area contributed by atoms with Crippen LogP contribution in [0.25, 0.3) is 0 Å². The van der Waals surface area contributed by atoms with Gasteiger partial charge in [0.1, 0.15) is 6.10 Å². The average molecular weight is 277 g/mol. The largest absolute Gasteiger partial charge is 0.370 e. The van der Waals surface area contributed by atoms with E-state index in [1.165, 1.54) is 32.1 Å². The van der Waals surface area contributed by atoms with Gasteiger partial charge in [0, 0.05) is 19.3 Å². The lowest BCUT2D eigenvalue weighted by atomic mass is 9.85. The highest BCUT2D eigenvalue weighted by Gasteiger charge is 2.27. The SMILES string of the molecule is CCNCc1ccnc(C(OCC)C2CCCCC2)n1. The lowest BCUT2D eigenvalue weighted by Gasteiger charge is -2.29. The normalized spacial score (nSPS) is 18.1. The van der Waals surface area contributed by atoms with Crippen molar-refractivity contribution in [2.75, 3.05) is 13.2 Å². The number of ether oxygens (including phenoxy) is 1. The molecule has 1 saturated carbocycles. The summed E-state index contributed by atoms with van der Waals surface area (Å²) in [7, 11) is 0. The van der Waals surface area contributed by atoms with Gasteiger partial charge in [0.2, 0.25) is 0 Å². The molecule has 0 spiro atoms. The van der Waals surface area contributed by atoms with Crippen LogP contribution in [0.1, 0.15) is 63.6 Å². The van der Waals surface area contributed by atoms with Gasteiger partial charge in [-0.15, -0.1) is 0 Å². The monoisotopic (exact) mass is 277 g/mol. The van der Waals surface area contributed by atoms with Gasteiger partial charge in [-0.3, -0.25) is 0 Å². The average Bonchev–Trinajstić information content (AvgIpc) is 2.52. The van der Waals surface area contributed by atoms with Crippen molar-refractivity contribution in [1.82, 2.24) is 15.3 Å². The molecule has 1 N–H and O–H groups in total. The molecular formula is C16H27N3O. The number of aromatic nitrogens is 2. The first-order valence-corrected chi connectivity index (χ1v) is 7.99. The maximum Gasteiger partial charge on any atom is 0.157 e. The zero-order valence-electron chi connectivity index (χ0n) is 12.8. The van der Waals surface area contributed by atoms with Gasteiger partial charge >= 0.3 is 0 Å². The zero-order chi connectivity index (χ0) is 14.2. The first-order chi connectivity index (χ1) is 9.85. The fraction of sp³-hybridized carbons (Fsp3) is 0.750. The molecule has 0 aliphatic heterocycles. The molecule has 1 aromatic heterocycles. The van der Waals surface area contributed by atoms with E-state index in [2.05, 4.69) is 24.1 Å². The van der Waals surface area contributed by atoms with Gasteiger partial charge in [-0.1, -0.05) is 26.2 Å². The Morgan fingerprint density at radius 1 is 1.30 bits per heavy atom. The van der Waals surface area contributed by atoms with Crippen molar-refractivity contribution < 1.29 is 4.74 Å². The summed E-state index contributed by atoms with van der Waals surface area (Å²) >= 11 is 0. The van der Waals surface area contributed by atoms with Gasteiger partial charge in [-0.25, -0.2) is 9.97 Å². The van der Waals surface area contributed by atoms with Crippen LogP contribution in [0.4, 0.5) is 0 Å². The Bertz CT molecular complexity index is 391. The van der Waals surface area contributed by atoms with Crippen molar-refractivity contribution in [1.29, 1.82) is 0 Å². The molecule has 1 aromatic rings. The van der Waals surface area contributed by atoms with Gasteiger partial charge in [0.25, 0.3) is 0 Å². The summed E-state index contributed by atoms with van der Waals surface area (Å²) in [6.07, 6.45) is 8.40. The highest BCUT2D eigenvalue weighted by atomic mass is 16.5. The van der Waals surface area contributed by atoms with Crippen LogP contribution in [-0.4, -0.2) is 23.1 Å². The van der Waals surface area contributed by atoms with Crippen LogP contribution in [0.15, 0.2) is 12.3 Å². The molecule has 1 unspecified atom stereocenters. The molecule has 0 aromatic carbocycles. The van der Waals surface area contributed by atoms with E-state index < -0.39 is 0 Å². The molecule has 0 saturated heterocycles. The second kappa shape index (κ2) is 8.32. The minimum atomic E-state index is 0.0712. The van der Waals surface area contributed by atoms with E-state index in [0.29, 0.717) is 5.92 Å². The summed E-state index contributed by atoms with van der Waals surface area (Å²) in [5.41, 5.74) is 1.05. The molecule has 0 amide bonds. The molecule has 4 nitrogen and oxygen atoms in total. The van der Waals surface area contributed by atoms with Gasteiger partial charge in [-0.2, -0.15) is 0 Å². The molecule has 0 bridgehead atoms. The molecule has 0 radical (unpaired) electrons. The maximum atomic E-state index is 5.98. The van der Waals surface area contributed by atoms with E-state index in [9.17, 15) is 0 Å². The van der Waals surface area contributed by atoms with Crippen molar-refractivity contribution in [3.63, 3.8) is 0 Å². The summed E-state index contributed by atoms with van der Waals surface area (Å²) < 4.78 is 5.98. The second-order valence-electron chi connectivity index (χ2n) is 5.46. The molecule has 112 valence electrons. The van der Waals surface area contributed by atoms with Crippen LogP contribution in [-0.2, 0) is 11.3 Å². The van der Waals surface area contributed by atoms with Crippen LogP contribution in [0.3, 0.4) is 0 Å². The van der Waals surface area contributed by atoms with Crippen molar-refractivity contribution in [3.05, 3.63) is 23.8 Å².